The number of aryl methyl sites for hydroxylation is 1. The smallest absolute Gasteiger partial charge is 0.303 e. The average Bonchev–Trinajstić information content (AvgIpc) is 3.39. The van der Waals surface area contributed by atoms with E-state index in [1.54, 1.807) is 0 Å². The number of aliphatic carboxylic acids is 1. The van der Waals surface area contributed by atoms with Crippen LogP contribution in [0.15, 0.2) is 18.3 Å². The van der Waals surface area contributed by atoms with Crippen molar-refractivity contribution in [2.45, 2.75) is 83.7 Å². The Morgan fingerprint density at radius 2 is 1.82 bits per heavy atom. The van der Waals surface area contributed by atoms with E-state index >= 15 is 0 Å². The highest BCUT2D eigenvalue weighted by atomic mass is 16.4. The fraction of sp³-hybridized carbons (Fsp3) is 0.733. The van der Waals surface area contributed by atoms with E-state index in [1.165, 1.54) is 87.9 Å². The molecule has 8 nitrogen and oxygen atoms in total. The lowest BCUT2D eigenvalue weighted by Crippen LogP contribution is -2.54. The van der Waals surface area contributed by atoms with Gasteiger partial charge in [0.2, 0.25) is 0 Å². The zero-order valence-electron chi connectivity index (χ0n) is 24.3. The molecule has 1 aromatic heterocycles. The molecule has 1 aromatic carbocycles. The van der Waals surface area contributed by atoms with E-state index in [2.05, 4.69) is 70.3 Å². The molecule has 2 fully saturated rings. The number of carbonyl (C=O) groups is 1. The van der Waals surface area contributed by atoms with Crippen molar-refractivity contribution in [1.29, 1.82) is 0 Å². The van der Waals surface area contributed by atoms with Crippen LogP contribution in [0.25, 0.3) is 10.9 Å². The number of nitrogens with one attached hydrogen (secondary N) is 2. The molecule has 0 bridgehead atoms. The van der Waals surface area contributed by atoms with Gasteiger partial charge in [0.05, 0.1) is 11.7 Å². The van der Waals surface area contributed by atoms with Gasteiger partial charge in [-0.15, -0.1) is 0 Å². The van der Waals surface area contributed by atoms with E-state index in [-0.39, 0.29) is 0 Å². The molecule has 8 heteroatoms. The number of likely N-dealkylation sites (tertiary alicyclic amines) is 1. The van der Waals surface area contributed by atoms with Crippen LogP contribution in [-0.2, 0) is 11.2 Å². The Morgan fingerprint density at radius 1 is 1.11 bits per heavy atom. The number of fused-ring (bicyclic) bond motifs is 1. The lowest BCUT2D eigenvalue weighted by atomic mass is 10.0. The fourth-order valence-electron chi connectivity index (χ4n) is 5.84. The number of unbranched alkanes of at least 4 members (excludes halogenated alkanes) is 4. The molecule has 3 N–H and O–H groups in total. The maximum atomic E-state index is 10.0. The number of aromatic amines is 1. The number of carboxylic acids is 1. The number of aromatic nitrogens is 2. The van der Waals surface area contributed by atoms with E-state index in [9.17, 15) is 4.79 Å². The molecule has 1 atom stereocenters. The van der Waals surface area contributed by atoms with Crippen molar-refractivity contribution in [3.05, 3.63) is 29.5 Å². The third-order valence-electron chi connectivity index (χ3n) is 8.28. The van der Waals surface area contributed by atoms with Gasteiger partial charge < -0.3 is 15.3 Å². The van der Waals surface area contributed by atoms with E-state index in [0.29, 0.717) is 12.5 Å². The Hall–Kier alpha value is -2.00. The van der Waals surface area contributed by atoms with Gasteiger partial charge in [0.25, 0.3) is 0 Å². The van der Waals surface area contributed by atoms with Crippen LogP contribution in [0.1, 0.15) is 69.4 Å². The predicted octanol–water partition coefficient (Wildman–Crippen LogP) is 4.15. The Balaban J connectivity index is 0.000000342. The highest BCUT2D eigenvalue weighted by molar-refractivity contribution is 5.81. The molecule has 214 valence electrons. The number of benzene rings is 1. The molecule has 2 aliphatic rings. The second kappa shape index (κ2) is 16.2. The maximum Gasteiger partial charge on any atom is 0.303 e. The molecular formula is C30H52N6O2. The summed E-state index contributed by atoms with van der Waals surface area (Å²) < 4.78 is 0. The van der Waals surface area contributed by atoms with Crippen molar-refractivity contribution in [2.24, 2.45) is 0 Å². The normalized spacial score (nSPS) is 18.8. The number of piperidine rings is 1. The summed E-state index contributed by atoms with van der Waals surface area (Å²) in [5.74, 6) is -0.670. The van der Waals surface area contributed by atoms with E-state index in [1.807, 2.05) is 6.20 Å². The molecule has 2 aromatic rings. The predicted molar refractivity (Wildman–Crippen MR) is 157 cm³/mol. The van der Waals surface area contributed by atoms with Gasteiger partial charge in [-0.2, -0.15) is 5.10 Å². The minimum Gasteiger partial charge on any atom is -0.481 e. The molecule has 0 aliphatic carbocycles. The summed E-state index contributed by atoms with van der Waals surface area (Å²) in [6, 6.07) is 5.89. The molecule has 2 aliphatic heterocycles. The first-order valence-corrected chi connectivity index (χ1v) is 14.9. The van der Waals surface area contributed by atoms with Crippen molar-refractivity contribution in [3.63, 3.8) is 0 Å². The highest BCUT2D eigenvalue weighted by Gasteiger charge is 2.27. The Kier molecular flexibility index (Phi) is 13.0. The highest BCUT2D eigenvalue weighted by Crippen LogP contribution is 2.20. The zero-order valence-corrected chi connectivity index (χ0v) is 24.3. The van der Waals surface area contributed by atoms with Gasteiger partial charge in [-0.05, 0) is 77.0 Å². The number of rotatable bonds is 12. The van der Waals surface area contributed by atoms with Crippen molar-refractivity contribution >= 4 is 16.9 Å². The lowest BCUT2D eigenvalue weighted by molar-refractivity contribution is -0.137. The number of likely N-dealkylation sites (N-methyl/N-ethyl adjacent to an activating group) is 1. The number of piperazine rings is 1. The second-order valence-corrected chi connectivity index (χ2v) is 11.4. The van der Waals surface area contributed by atoms with E-state index in [0.717, 1.165) is 37.4 Å². The summed E-state index contributed by atoms with van der Waals surface area (Å²) in [6.07, 6.45) is 11.6. The van der Waals surface area contributed by atoms with Crippen LogP contribution < -0.4 is 5.32 Å². The number of hydrogen-bond acceptors (Lipinski definition) is 6. The Morgan fingerprint density at radius 3 is 2.47 bits per heavy atom. The number of carboxylic acid groups (broad SMARTS) is 1. The molecule has 0 saturated carbocycles. The molecule has 1 unspecified atom stereocenters. The first-order valence-electron chi connectivity index (χ1n) is 14.9. The molecule has 38 heavy (non-hydrogen) atoms. The average molecular weight is 529 g/mol. The quantitative estimate of drug-likeness (QED) is 0.357. The Bertz CT molecular complexity index is 947. The van der Waals surface area contributed by atoms with Crippen molar-refractivity contribution in [1.82, 2.24) is 30.2 Å². The van der Waals surface area contributed by atoms with Crippen LogP contribution >= 0.6 is 0 Å². The van der Waals surface area contributed by atoms with Gasteiger partial charge in [0.1, 0.15) is 0 Å². The minimum atomic E-state index is -0.670. The van der Waals surface area contributed by atoms with Crippen LogP contribution in [-0.4, -0.2) is 108 Å². The number of hydrogen-bond donors (Lipinski definition) is 3. The first-order chi connectivity index (χ1) is 18.4. The molecular weight excluding hydrogens is 476 g/mol. The van der Waals surface area contributed by atoms with Crippen molar-refractivity contribution < 1.29 is 9.90 Å². The van der Waals surface area contributed by atoms with Crippen molar-refractivity contribution in [2.75, 3.05) is 59.9 Å². The van der Waals surface area contributed by atoms with Crippen molar-refractivity contribution in [3.8, 4) is 0 Å². The third-order valence-corrected chi connectivity index (χ3v) is 8.28. The lowest BCUT2D eigenvalue weighted by Gasteiger charge is -2.42. The van der Waals surface area contributed by atoms with Crippen LogP contribution in [0.2, 0.25) is 0 Å². The van der Waals surface area contributed by atoms with Gasteiger partial charge in [0.15, 0.2) is 0 Å². The molecule has 2 saturated heterocycles. The van der Waals surface area contributed by atoms with Gasteiger partial charge >= 0.3 is 5.97 Å². The van der Waals surface area contributed by atoms with E-state index in [4.69, 9.17) is 5.11 Å². The molecule has 4 rings (SSSR count). The number of nitrogens with zero attached hydrogens (tertiary/aromatic N) is 4. The van der Waals surface area contributed by atoms with Crippen LogP contribution in [0.5, 0.6) is 0 Å². The van der Waals surface area contributed by atoms with Gasteiger partial charge in [-0.25, -0.2) is 0 Å². The summed E-state index contributed by atoms with van der Waals surface area (Å²) >= 11 is 0. The fourth-order valence-corrected chi connectivity index (χ4v) is 5.84. The van der Waals surface area contributed by atoms with Crippen LogP contribution in [0, 0.1) is 6.92 Å². The molecule has 0 radical (unpaired) electrons. The second-order valence-electron chi connectivity index (χ2n) is 11.4. The monoisotopic (exact) mass is 528 g/mol. The van der Waals surface area contributed by atoms with E-state index < -0.39 is 5.97 Å². The summed E-state index contributed by atoms with van der Waals surface area (Å²) in [7, 11) is 4.35. The standard InChI is InChI=1S/C22H36N6.C8H16O2/c1-17-12-18(13-19-15-24-25-22(17)19)14-20(23-2)16-27-8-10-28(11-9-27)21-4-6-26(3)7-5-21;1-2-3-4-5-6-7-8(9)10/h12-13,15,20-21,23H,4-11,14,16H2,1-3H3,(H,24,25);2-7H2,1H3,(H,9,10). The number of H-pyrrole nitrogens is 1. The summed E-state index contributed by atoms with van der Waals surface area (Å²) in [5, 5.41) is 20.3. The first kappa shape index (κ1) is 30.5. The summed E-state index contributed by atoms with van der Waals surface area (Å²) in [4.78, 5) is 17.9. The summed E-state index contributed by atoms with van der Waals surface area (Å²) in [5.41, 5.74) is 3.84. The molecule has 0 spiro atoms. The Labute approximate surface area is 230 Å². The molecule has 3 heterocycles. The van der Waals surface area contributed by atoms with Crippen LogP contribution in [0.3, 0.4) is 0 Å². The SMILES string of the molecule is CCCCCCCC(=O)O.CNC(Cc1cc(C)c2[nH]ncc2c1)CN1CCN(C2CCN(C)CC2)CC1. The molecule has 0 amide bonds. The third kappa shape index (κ3) is 9.95. The largest absolute Gasteiger partial charge is 0.481 e. The summed E-state index contributed by atoms with van der Waals surface area (Å²) in [6.45, 7) is 12.8. The van der Waals surface area contributed by atoms with Crippen LogP contribution in [0.4, 0.5) is 0 Å². The minimum absolute atomic E-state index is 0.337. The van der Waals surface area contributed by atoms with Gasteiger partial charge in [-0.3, -0.25) is 19.7 Å². The zero-order chi connectivity index (χ0) is 27.3. The maximum absolute atomic E-state index is 10.0. The van der Waals surface area contributed by atoms with Gasteiger partial charge in [0, 0.05) is 56.6 Å². The topological polar surface area (TPSA) is 87.7 Å². The van der Waals surface area contributed by atoms with Gasteiger partial charge in [-0.1, -0.05) is 38.7 Å².